The van der Waals surface area contributed by atoms with E-state index >= 15 is 0 Å². The van der Waals surface area contributed by atoms with Crippen LogP contribution >= 0.6 is 0 Å². The molecule has 0 unspecified atom stereocenters. The Morgan fingerprint density at radius 3 is 2.69 bits per heavy atom. The van der Waals surface area contributed by atoms with Crippen LogP contribution in [-0.4, -0.2) is 58.7 Å². The van der Waals surface area contributed by atoms with Crippen molar-refractivity contribution in [1.29, 1.82) is 0 Å². The zero-order valence-corrected chi connectivity index (χ0v) is 9.46. The highest BCUT2D eigenvalue weighted by molar-refractivity contribution is 5.76. The van der Waals surface area contributed by atoms with Crippen LogP contribution < -0.4 is 5.73 Å². The van der Waals surface area contributed by atoms with E-state index in [9.17, 15) is 4.79 Å². The molecule has 1 saturated heterocycles. The number of nitrogens with two attached hydrogens (primary N) is 1. The zero-order chi connectivity index (χ0) is 11.5. The summed E-state index contributed by atoms with van der Waals surface area (Å²) in [5, 5.41) is 4.00. The van der Waals surface area contributed by atoms with Crippen LogP contribution in [0.5, 0.6) is 0 Å². The summed E-state index contributed by atoms with van der Waals surface area (Å²) in [4.78, 5) is 16.0. The number of hydrogen-bond acceptors (Lipinski definition) is 4. The molecule has 1 aromatic rings. The van der Waals surface area contributed by atoms with Gasteiger partial charge in [0.1, 0.15) is 12.4 Å². The third kappa shape index (κ3) is 2.52. The molecule has 1 amide bonds. The van der Waals surface area contributed by atoms with E-state index < -0.39 is 0 Å². The lowest BCUT2D eigenvalue weighted by Crippen LogP contribution is -2.48. The van der Waals surface area contributed by atoms with Gasteiger partial charge in [-0.2, -0.15) is 5.10 Å². The third-order valence-corrected chi connectivity index (χ3v) is 2.81. The van der Waals surface area contributed by atoms with Crippen LogP contribution in [0.2, 0.25) is 0 Å². The van der Waals surface area contributed by atoms with Crippen molar-refractivity contribution < 1.29 is 4.79 Å². The van der Waals surface area contributed by atoms with Crippen molar-refractivity contribution in [2.75, 3.05) is 39.0 Å². The van der Waals surface area contributed by atoms with E-state index in [1.807, 2.05) is 4.90 Å². The Morgan fingerprint density at radius 1 is 1.44 bits per heavy atom. The number of piperazine rings is 1. The molecule has 88 valence electrons. The van der Waals surface area contributed by atoms with Gasteiger partial charge in [-0.15, -0.1) is 0 Å². The predicted molar refractivity (Wildman–Crippen MR) is 60.7 cm³/mol. The molecule has 6 heteroatoms. The molecule has 2 rings (SSSR count). The average molecular weight is 223 g/mol. The Balaban J connectivity index is 1.88. The van der Waals surface area contributed by atoms with E-state index in [-0.39, 0.29) is 12.5 Å². The van der Waals surface area contributed by atoms with E-state index in [0.717, 1.165) is 26.2 Å². The van der Waals surface area contributed by atoms with Gasteiger partial charge in [0, 0.05) is 32.4 Å². The predicted octanol–water partition coefficient (Wildman–Crippen LogP) is -0.761. The largest absolute Gasteiger partial charge is 0.382 e. The molecule has 0 saturated carbocycles. The van der Waals surface area contributed by atoms with Crippen molar-refractivity contribution in [2.24, 2.45) is 0 Å². The molecular weight excluding hydrogens is 206 g/mol. The van der Waals surface area contributed by atoms with Crippen LogP contribution in [-0.2, 0) is 11.3 Å². The maximum absolute atomic E-state index is 11.9. The van der Waals surface area contributed by atoms with Crippen molar-refractivity contribution in [2.45, 2.75) is 6.54 Å². The van der Waals surface area contributed by atoms with Crippen molar-refractivity contribution >= 4 is 11.7 Å². The maximum Gasteiger partial charge on any atom is 0.244 e. The number of carbonyl (C=O) groups excluding carboxylic acids is 1. The highest BCUT2D eigenvalue weighted by Crippen LogP contribution is 2.02. The summed E-state index contributed by atoms with van der Waals surface area (Å²) in [6, 6.07) is 1.69. The fourth-order valence-electron chi connectivity index (χ4n) is 1.76. The molecule has 2 N–H and O–H groups in total. The van der Waals surface area contributed by atoms with Crippen molar-refractivity contribution in [3.8, 4) is 0 Å². The van der Waals surface area contributed by atoms with Gasteiger partial charge in [-0.05, 0) is 13.1 Å². The van der Waals surface area contributed by atoms with Crippen LogP contribution in [0.1, 0.15) is 0 Å². The van der Waals surface area contributed by atoms with Gasteiger partial charge in [-0.1, -0.05) is 0 Å². The summed E-state index contributed by atoms with van der Waals surface area (Å²) < 4.78 is 1.58. The first-order chi connectivity index (χ1) is 7.65. The molecule has 2 heterocycles. The van der Waals surface area contributed by atoms with E-state index in [0.29, 0.717) is 5.82 Å². The van der Waals surface area contributed by atoms with Gasteiger partial charge in [-0.25, -0.2) is 0 Å². The maximum atomic E-state index is 11.9. The number of hydrogen-bond donors (Lipinski definition) is 1. The van der Waals surface area contributed by atoms with Gasteiger partial charge < -0.3 is 15.5 Å². The van der Waals surface area contributed by atoms with Gasteiger partial charge in [0.05, 0.1) is 0 Å². The van der Waals surface area contributed by atoms with Crippen LogP contribution in [0.3, 0.4) is 0 Å². The standard InChI is InChI=1S/C10H17N5O/c1-13-4-6-14(7-5-13)10(16)8-15-3-2-9(11)12-15/h2-3H,4-8H2,1H3,(H2,11,12). The first kappa shape index (κ1) is 10.9. The van der Waals surface area contributed by atoms with Crippen LogP contribution in [0, 0.1) is 0 Å². The minimum atomic E-state index is 0.108. The summed E-state index contributed by atoms with van der Waals surface area (Å²) in [6.07, 6.45) is 1.73. The van der Waals surface area contributed by atoms with E-state index in [4.69, 9.17) is 5.73 Å². The Kier molecular flexibility index (Phi) is 3.09. The molecule has 1 aliphatic heterocycles. The Labute approximate surface area is 94.6 Å². The van der Waals surface area contributed by atoms with Crippen molar-refractivity contribution in [1.82, 2.24) is 19.6 Å². The Hall–Kier alpha value is -1.56. The van der Waals surface area contributed by atoms with Crippen LogP contribution in [0.15, 0.2) is 12.3 Å². The average Bonchev–Trinajstić information content (AvgIpc) is 2.65. The molecule has 1 fully saturated rings. The highest BCUT2D eigenvalue weighted by Gasteiger charge is 2.19. The Morgan fingerprint density at radius 2 is 2.12 bits per heavy atom. The molecular formula is C10H17N5O. The summed E-state index contributed by atoms with van der Waals surface area (Å²) in [5.74, 6) is 0.558. The molecule has 1 aromatic heterocycles. The lowest BCUT2D eigenvalue weighted by atomic mass is 10.3. The number of anilines is 1. The van der Waals surface area contributed by atoms with Gasteiger partial charge in [0.2, 0.25) is 5.91 Å². The number of aromatic nitrogens is 2. The number of amides is 1. The number of nitrogens with zero attached hydrogens (tertiary/aromatic N) is 4. The summed E-state index contributed by atoms with van der Waals surface area (Å²) in [6.45, 7) is 3.75. The minimum absolute atomic E-state index is 0.108. The quantitative estimate of drug-likeness (QED) is 0.715. The highest BCUT2D eigenvalue weighted by atomic mass is 16.2. The second kappa shape index (κ2) is 4.52. The van der Waals surface area contributed by atoms with Gasteiger partial charge in [-0.3, -0.25) is 9.48 Å². The monoisotopic (exact) mass is 223 g/mol. The summed E-state index contributed by atoms with van der Waals surface area (Å²) in [7, 11) is 2.07. The molecule has 0 atom stereocenters. The molecule has 1 aliphatic rings. The van der Waals surface area contributed by atoms with E-state index in [2.05, 4.69) is 17.0 Å². The van der Waals surface area contributed by atoms with Crippen LogP contribution in [0.25, 0.3) is 0 Å². The van der Waals surface area contributed by atoms with Gasteiger partial charge in [0.25, 0.3) is 0 Å². The normalized spacial score (nSPS) is 17.7. The fourth-order valence-corrected chi connectivity index (χ4v) is 1.76. The summed E-state index contributed by atoms with van der Waals surface area (Å²) in [5.41, 5.74) is 5.49. The van der Waals surface area contributed by atoms with E-state index in [1.54, 1.807) is 16.9 Å². The number of likely N-dealkylation sites (N-methyl/N-ethyl adjacent to an activating group) is 1. The Bertz CT molecular complexity index is 367. The van der Waals surface area contributed by atoms with Crippen LogP contribution in [0.4, 0.5) is 5.82 Å². The lowest BCUT2D eigenvalue weighted by Gasteiger charge is -2.32. The number of nitrogen functional groups attached to an aromatic ring is 1. The lowest BCUT2D eigenvalue weighted by molar-refractivity contribution is -0.133. The molecule has 16 heavy (non-hydrogen) atoms. The molecule has 0 spiro atoms. The zero-order valence-electron chi connectivity index (χ0n) is 9.46. The number of rotatable bonds is 2. The topological polar surface area (TPSA) is 67.4 Å². The van der Waals surface area contributed by atoms with Crippen molar-refractivity contribution in [3.05, 3.63) is 12.3 Å². The smallest absolute Gasteiger partial charge is 0.244 e. The first-order valence-electron chi connectivity index (χ1n) is 5.40. The third-order valence-electron chi connectivity index (χ3n) is 2.81. The fraction of sp³-hybridized carbons (Fsp3) is 0.600. The van der Waals surface area contributed by atoms with Crippen molar-refractivity contribution in [3.63, 3.8) is 0 Å². The molecule has 0 bridgehead atoms. The first-order valence-corrected chi connectivity index (χ1v) is 5.40. The summed E-state index contributed by atoms with van der Waals surface area (Å²) >= 11 is 0. The van der Waals surface area contributed by atoms with Gasteiger partial charge >= 0.3 is 0 Å². The second-order valence-corrected chi connectivity index (χ2v) is 4.12. The molecule has 0 aromatic carbocycles. The molecule has 0 radical (unpaired) electrons. The number of carbonyl (C=O) groups is 1. The molecule has 6 nitrogen and oxygen atoms in total. The SMILES string of the molecule is CN1CCN(C(=O)Cn2ccc(N)n2)CC1. The van der Waals surface area contributed by atoms with E-state index in [1.165, 1.54) is 0 Å². The second-order valence-electron chi connectivity index (χ2n) is 4.12. The minimum Gasteiger partial charge on any atom is -0.382 e. The molecule has 0 aliphatic carbocycles. The van der Waals surface area contributed by atoms with Gasteiger partial charge in [0.15, 0.2) is 0 Å².